The van der Waals surface area contributed by atoms with Gasteiger partial charge >= 0.3 is 12.1 Å². The summed E-state index contributed by atoms with van der Waals surface area (Å²) < 4.78 is 10.5. The number of piperidine rings is 1. The Bertz CT molecular complexity index is 418. The van der Waals surface area contributed by atoms with Crippen molar-refractivity contribution in [3.8, 4) is 0 Å². The van der Waals surface area contributed by atoms with Gasteiger partial charge in [-0.3, -0.25) is 4.90 Å². The lowest BCUT2D eigenvalue weighted by atomic mass is 10.00. The summed E-state index contributed by atoms with van der Waals surface area (Å²) in [6, 6.07) is -0.552. The Kier molecular flexibility index (Phi) is 3.71. The number of nitrogens with zero attached hydrogens (tertiary/aromatic N) is 1. The van der Waals surface area contributed by atoms with Gasteiger partial charge < -0.3 is 15.2 Å². The molecular formula is C14H24N2O4. The predicted octanol–water partition coefficient (Wildman–Crippen LogP) is 1.28. The second-order valence-corrected chi connectivity index (χ2v) is 6.65. The smallest absolute Gasteiger partial charge is 0.411 e. The maximum atomic E-state index is 12.3. The number of amides is 1. The van der Waals surface area contributed by atoms with Crippen LogP contribution in [0.3, 0.4) is 0 Å². The van der Waals surface area contributed by atoms with Crippen LogP contribution in [0, 0.1) is 5.41 Å². The fourth-order valence-corrected chi connectivity index (χ4v) is 2.95. The Hall–Kier alpha value is -1.30. The van der Waals surface area contributed by atoms with Crippen molar-refractivity contribution in [3.63, 3.8) is 0 Å². The molecule has 0 bridgehead atoms. The molecule has 2 N–H and O–H groups in total. The van der Waals surface area contributed by atoms with Gasteiger partial charge in [-0.25, -0.2) is 9.59 Å². The standard InChI is InChI=1S/C14H24N2O4/c1-5-19-11(17)9-6-14(8-15)7-10(14)16(9)12(18)20-13(2,3)4/h9-10H,5-8,15H2,1-4H3/t9?,10?,14-/m0/s1. The molecule has 2 rings (SSSR count). The quantitative estimate of drug-likeness (QED) is 0.789. The Morgan fingerprint density at radius 3 is 2.50 bits per heavy atom. The average molecular weight is 284 g/mol. The first-order valence-electron chi connectivity index (χ1n) is 7.12. The molecule has 20 heavy (non-hydrogen) atoms. The first kappa shape index (κ1) is 15.1. The predicted molar refractivity (Wildman–Crippen MR) is 73.0 cm³/mol. The molecule has 1 heterocycles. The van der Waals surface area contributed by atoms with E-state index in [2.05, 4.69) is 0 Å². The third-order valence-corrected chi connectivity index (χ3v) is 3.99. The summed E-state index contributed by atoms with van der Waals surface area (Å²) in [5.74, 6) is -0.363. The van der Waals surface area contributed by atoms with E-state index in [0.717, 1.165) is 6.42 Å². The molecule has 0 spiro atoms. The number of ether oxygens (including phenoxy) is 2. The van der Waals surface area contributed by atoms with Crippen LogP contribution < -0.4 is 5.73 Å². The molecule has 1 saturated heterocycles. The molecule has 0 aromatic rings. The van der Waals surface area contributed by atoms with E-state index in [0.29, 0.717) is 19.6 Å². The number of fused-ring (bicyclic) bond motifs is 1. The average Bonchev–Trinajstić information content (AvgIpc) is 2.93. The van der Waals surface area contributed by atoms with E-state index in [1.807, 2.05) is 20.8 Å². The number of hydrogen-bond donors (Lipinski definition) is 1. The fraction of sp³-hybridized carbons (Fsp3) is 0.857. The summed E-state index contributed by atoms with van der Waals surface area (Å²) >= 11 is 0. The molecule has 0 radical (unpaired) electrons. The van der Waals surface area contributed by atoms with Crippen LogP contribution in [0.25, 0.3) is 0 Å². The molecule has 6 heteroatoms. The van der Waals surface area contributed by atoms with E-state index in [4.69, 9.17) is 15.2 Å². The zero-order valence-corrected chi connectivity index (χ0v) is 12.6. The van der Waals surface area contributed by atoms with E-state index >= 15 is 0 Å². The first-order valence-corrected chi connectivity index (χ1v) is 7.12. The monoisotopic (exact) mass is 284 g/mol. The lowest BCUT2D eigenvalue weighted by Gasteiger charge is -2.29. The molecule has 2 aliphatic rings. The number of carbonyl (C=O) groups excluding carboxylic acids is 2. The Balaban J connectivity index is 2.15. The molecule has 1 aliphatic carbocycles. The van der Waals surface area contributed by atoms with Crippen LogP contribution in [-0.2, 0) is 14.3 Å². The van der Waals surface area contributed by atoms with Crippen molar-refractivity contribution >= 4 is 12.1 Å². The van der Waals surface area contributed by atoms with Gasteiger partial charge in [0.25, 0.3) is 0 Å². The second kappa shape index (κ2) is 4.91. The van der Waals surface area contributed by atoms with Crippen molar-refractivity contribution in [1.29, 1.82) is 0 Å². The van der Waals surface area contributed by atoms with Crippen molar-refractivity contribution in [2.75, 3.05) is 13.2 Å². The maximum Gasteiger partial charge on any atom is 0.411 e. The minimum absolute atomic E-state index is 0.0109. The van der Waals surface area contributed by atoms with Crippen molar-refractivity contribution in [2.45, 2.75) is 58.2 Å². The van der Waals surface area contributed by atoms with Gasteiger partial charge in [0.1, 0.15) is 11.6 Å². The van der Waals surface area contributed by atoms with Crippen LogP contribution in [0.1, 0.15) is 40.5 Å². The van der Waals surface area contributed by atoms with Gasteiger partial charge in [-0.2, -0.15) is 0 Å². The highest BCUT2D eigenvalue weighted by molar-refractivity contribution is 5.83. The van der Waals surface area contributed by atoms with Gasteiger partial charge in [-0.1, -0.05) is 0 Å². The summed E-state index contributed by atoms with van der Waals surface area (Å²) in [6.07, 6.45) is 0.971. The molecule has 1 saturated carbocycles. The highest BCUT2D eigenvalue weighted by Crippen LogP contribution is 2.59. The van der Waals surface area contributed by atoms with Crippen molar-refractivity contribution in [2.24, 2.45) is 11.1 Å². The van der Waals surface area contributed by atoms with Gasteiger partial charge in [-0.15, -0.1) is 0 Å². The van der Waals surface area contributed by atoms with Gasteiger partial charge in [-0.05, 0) is 40.5 Å². The number of esters is 1. The summed E-state index contributed by atoms with van der Waals surface area (Å²) in [6.45, 7) is 7.96. The minimum Gasteiger partial charge on any atom is -0.464 e. The van der Waals surface area contributed by atoms with Gasteiger partial charge in [0.2, 0.25) is 0 Å². The Morgan fingerprint density at radius 2 is 2.00 bits per heavy atom. The maximum absolute atomic E-state index is 12.3. The molecule has 6 nitrogen and oxygen atoms in total. The van der Waals surface area contributed by atoms with Crippen LogP contribution in [0.15, 0.2) is 0 Å². The number of likely N-dealkylation sites (tertiary alicyclic amines) is 1. The van der Waals surface area contributed by atoms with Crippen molar-refractivity contribution in [3.05, 3.63) is 0 Å². The number of hydrogen-bond acceptors (Lipinski definition) is 5. The second-order valence-electron chi connectivity index (χ2n) is 6.65. The first-order chi connectivity index (χ1) is 9.24. The van der Waals surface area contributed by atoms with Crippen LogP contribution in [0.5, 0.6) is 0 Å². The van der Waals surface area contributed by atoms with Crippen LogP contribution in [0.2, 0.25) is 0 Å². The SMILES string of the molecule is CCOC(=O)C1C[C@@]2(CN)CC2N1C(=O)OC(C)(C)C. The number of carbonyl (C=O) groups is 2. The van der Waals surface area contributed by atoms with E-state index in [1.165, 1.54) is 4.90 Å². The Morgan fingerprint density at radius 1 is 1.35 bits per heavy atom. The lowest BCUT2D eigenvalue weighted by molar-refractivity contribution is -0.149. The van der Waals surface area contributed by atoms with Crippen molar-refractivity contribution in [1.82, 2.24) is 4.90 Å². The summed E-state index contributed by atoms with van der Waals surface area (Å²) in [5, 5.41) is 0. The van der Waals surface area contributed by atoms with Gasteiger partial charge in [0, 0.05) is 18.0 Å². The minimum atomic E-state index is -0.584. The molecule has 0 aromatic heterocycles. The van der Waals surface area contributed by atoms with E-state index in [1.54, 1.807) is 6.92 Å². The molecule has 1 amide bonds. The lowest BCUT2D eigenvalue weighted by Crippen LogP contribution is -2.46. The highest BCUT2D eigenvalue weighted by atomic mass is 16.6. The summed E-state index contributed by atoms with van der Waals surface area (Å²) in [4.78, 5) is 25.9. The molecule has 0 aromatic carbocycles. The zero-order chi connectivity index (χ0) is 15.1. The van der Waals surface area contributed by atoms with Crippen LogP contribution >= 0.6 is 0 Å². The molecule has 2 unspecified atom stereocenters. The van der Waals surface area contributed by atoms with Crippen LogP contribution in [-0.4, -0.2) is 47.8 Å². The van der Waals surface area contributed by atoms with E-state index < -0.39 is 17.7 Å². The summed E-state index contributed by atoms with van der Waals surface area (Å²) in [7, 11) is 0. The van der Waals surface area contributed by atoms with Crippen molar-refractivity contribution < 1.29 is 19.1 Å². The molecule has 114 valence electrons. The van der Waals surface area contributed by atoms with Gasteiger partial charge in [0.05, 0.1) is 6.61 Å². The topological polar surface area (TPSA) is 81.9 Å². The Labute approximate surface area is 119 Å². The van der Waals surface area contributed by atoms with Crippen LogP contribution in [0.4, 0.5) is 4.79 Å². The highest BCUT2D eigenvalue weighted by Gasteiger charge is 2.67. The molecule has 3 atom stereocenters. The fourth-order valence-electron chi connectivity index (χ4n) is 2.95. The molecule has 1 aliphatic heterocycles. The largest absolute Gasteiger partial charge is 0.464 e. The third-order valence-electron chi connectivity index (χ3n) is 3.99. The molecule has 2 fully saturated rings. The van der Waals surface area contributed by atoms with E-state index in [-0.39, 0.29) is 17.4 Å². The van der Waals surface area contributed by atoms with E-state index in [9.17, 15) is 9.59 Å². The molecular weight excluding hydrogens is 260 g/mol. The number of nitrogens with two attached hydrogens (primary N) is 1. The zero-order valence-electron chi connectivity index (χ0n) is 12.6. The number of rotatable bonds is 3. The summed E-state index contributed by atoms with van der Waals surface area (Å²) in [5.41, 5.74) is 5.10. The normalized spacial score (nSPS) is 31.8. The van der Waals surface area contributed by atoms with Gasteiger partial charge in [0.15, 0.2) is 0 Å². The third kappa shape index (κ3) is 2.61.